The minimum atomic E-state index is -0.143. The molecule has 1 aromatic heterocycles. The van der Waals surface area contributed by atoms with Crippen molar-refractivity contribution in [2.24, 2.45) is 0 Å². The first-order valence-corrected chi connectivity index (χ1v) is 11.3. The second kappa shape index (κ2) is 9.53. The molecule has 0 saturated carbocycles. The van der Waals surface area contributed by atoms with Gasteiger partial charge in [-0.15, -0.1) is 10.2 Å². The van der Waals surface area contributed by atoms with Crippen molar-refractivity contribution in [2.75, 3.05) is 29.1 Å². The number of nitrogens with one attached hydrogen (secondary N) is 1. The Labute approximate surface area is 185 Å². The van der Waals surface area contributed by atoms with Gasteiger partial charge in [-0.1, -0.05) is 47.1 Å². The smallest absolute Gasteiger partial charge is 0.277 e. The van der Waals surface area contributed by atoms with Crippen molar-refractivity contribution in [1.82, 2.24) is 10.2 Å². The molecule has 0 aliphatic carbocycles. The van der Waals surface area contributed by atoms with Gasteiger partial charge in [-0.25, -0.2) is 0 Å². The molecule has 1 aliphatic rings. The van der Waals surface area contributed by atoms with Crippen LogP contribution in [0.2, 0.25) is 5.02 Å². The number of hydrogen-bond acceptors (Lipinski definition) is 6. The number of nitrogens with zero attached hydrogens (tertiary/aromatic N) is 3. The molecule has 0 spiro atoms. The Morgan fingerprint density at radius 2 is 1.90 bits per heavy atom. The highest BCUT2D eigenvalue weighted by Crippen LogP contribution is 2.35. The van der Waals surface area contributed by atoms with E-state index in [2.05, 4.69) is 20.4 Å². The van der Waals surface area contributed by atoms with Gasteiger partial charge < -0.3 is 14.6 Å². The first-order valence-electron chi connectivity index (χ1n) is 9.97. The number of rotatable bonds is 6. The van der Waals surface area contributed by atoms with Crippen LogP contribution in [-0.4, -0.2) is 34.9 Å². The molecule has 2 heterocycles. The summed E-state index contributed by atoms with van der Waals surface area (Å²) in [6.45, 7) is 3.92. The zero-order valence-electron chi connectivity index (χ0n) is 16.7. The largest absolute Gasteiger partial charge is 0.411 e. The van der Waals surface area contributed by atoms with Gasteiger partial charge in [0.2, 0.25) is 11.8 Å². The molecule has 30 heavy (non-hydrogen) atoms. The van der Waals surface area contributed by atoms with Crippen LogP contribution in [0.5, 0.6) is 0 Å². The number of piperidine rings is 1. The summed E-state index contributed by atoms with van der Waals surface area (Å²) in [7, 11) is 0. The van der Waals surface area contributed by atoms with Gasteiger partial charge in [-0.2, -0.15) is 0 Å². The molecule has 6 nitrogen and oxygen atoms in total. The van der Waals surface area contributed by atoms with E-state index < -0.39 is 0 Å². The number of aryl methyl sites for hydroxylation is 1. The second-order valence-electron chi connectivity index (χ2n) is 7.26. The Kier molecular flexibility index (Phi) is 6.59. The first kappa shape index (κ1) is 20.8. The number of carbonyl (C=O) groups is 1. The van der Waals surface area contributed by atoms with E-state index in [1.54, 1.807) is 0 Å². The molecular weight excluding hydrogens is 420 g/mol. The summed E-state index contributed by atoms with van der Waals surface area (Å²) in [5.74, 6) is 0.470. The Balaban J connectivity index is 1.39. The van der Waals surface area contributed by atoms with Crippen molar-refractivity contribution in [3.8, 4) is 11.5 Å². The number of anilines is 2. The van der Waals surface area contributed by atoms with Gasteiger partial charge in [0.15, 0.2) is 0 Å². The molecule has 1 N–H and O–H groups in total. The van der Waals surface area contributed by atoms with Crippen molar-refractivity contribution in [3.05, 3.63) is 53.1 Å². The predicted molar refractivity (Wildman–Crippen MR) is 121 cm³/mol. The molecule has 0 bridgehead atoms. The molecule has 156 valence electrons. The molecule has 1 fully saturated rings. The van der Waals surface area contributed by atoms with E-state index in [0.717, 1.165) is 48.4 Å². The van der Waals surface area contributed by atoms with E-state index in [1.807, 2.05) is 49.4 Å². The van der Waals surface area contributed by atoms with Crippen molar-refractivity contribution in [2.45, 2.75) is 31.4 Å². The fraction of sp³-hybridized carbons (Fsp3) is 0.318. The number of amides is 1. The molecule has 0 unspecified atom stereocenters. The molecule has 4 rings (SSSR count). The van der Waals surface area contributed by atoms with Crippen molar-refractivity contribution < 1.29 is 9.21 Å². The number of aromatic nitrogens is 2. The van der Waals surface area contributed by atoms with Gasteiger partial charge in [-0.05, 0) is 50.5 Å². The molecule has 2 aromatic carbocycles. The minimum Gasteiger partial charge on any atom is -0.411 e. The quantitative estimate of drug-likeness (QED) is 0.514. The average molecular weight is 443 g/mol. The van der Waals surface area contributed by atoms with Gasteiger partial charge >= 0.3 is 0 Å². The third-order valence-electron chi connectivity index (χ3n) is 4.96. The number of para-hydroxylation sites is 1. The third kappa shape index (κ3) is 4.96. The van der Waals surface area contributed by atoms with Crippen LogP contribution in [0.1, 0.15) is 24.8 Å². The van der Waals surface area contributed by atoms with Crippen LogP contribution >= 0.6 is 23.4 Å². The lowest BCUT2D eigenvalue weighted by molar-refractivity contribution is -0.113. The van der Waals surface area contributed by atoms with Crippen LogP contribution in [-0.2, 0) is 4.79 Å². The number of carbonyl (C=O) groups excluding carboxylic acids is 1. The van der Waals surface area contributed by atoms with Crippen LogP contribution in [0, 0.1) is 6.92 Å². The molecule has 0 radical (unpaired) electrons. The number of halogens is 1. The molecule has 3 aromatic rings. The summed E-state index contributed by atoms with van der Waals surface area (Å²) >= 11 is 7.67. The summed E-state index contributed by atoms with van der Waals surface area (Å²) in [5.41, 5.74) is 3.65. The lowest BCUT2D eigenvalue weighted by atomic mass is 10.1. The highest BCUT2D eigenvalue weighted by Gasteiger charge is 2.19. The fourth-order valence-electron chi connectivity index (χ4n) is 3.45. The van der Waals surface area contributed by atoms with E-state index in [4.69, 9.17) is 16.0 Å². The number of benzene rings is 2. The van der Waals surface area contributed by atoms with Crippen LogP contribution in [0.25, 0.3) is 11.5 Å². The monoisotopic (exact) mass is 442 g/mol. The normalized spacial score (nSPS) is 14.0. The van der Waals surface area contributed by atoms with E-state index in [0.29, 0.717) is 16.1 Å². The Bertz CT molecular complexity index is 1020. The van der Waals surface area contributed by atoms with Crippen LogP contribution in [0.15, 0.2) is 52.1 Å². The topological polar surface area (TPSA) is 71.3 Å². The summed E-state index contributed by atoms with van der Waals surface area (Å²) in [6.07, 6.45) is 3.50. The SMILES string of the molecule is Cc1ccc(-c2nnc(SCC(=O)Nc3cccc(Cl)c3N3CCCCC3)o2)cc1. The number of hydrogen-bond donors (Lipinski definition) is 1. The average Bonchev–Trinajstić information content (AvgIpc) is 3.23. The minimum absolute atomic E-state index is 0.143. The number of thioether (sulfide) groups is 1. The van der Waals surface area contributed by atoms with Gasteiger partial charge in [0, 0.05) is 18.7 Å². The zero-order valence-corrected chi connectivity index (χ0v) is 18.3. The Morgan fingerprint density at radius 3 is 2.67 bits per heavy atom. The van der Waals surface area contributed by atoms with Crippen LogP contribution < -0.4 is 10.2 Å². The summed E-state index contributed by atoms with van der Waals surface area (Å²) < 4.78 is 5.68. The Hall–Kier alpha value is -2.51. The molecule has 1 amide bonds. The van der Waals surface area contributed by atoms with Gasteiger partial charge in [0.25, 0.3) is 5.22 Å². The molecule has 0 atom stereocenters. The maximum Gasteiger partial charge on any atom is 0.277 e. The van der Waals surface area contributed by atoms with Crippen molar-refractivity contribution in [1.29, 1.82) is 0 Å². The van der Waals surface area contributed by atoms with E-state index >= 15 is 0 Å². The van der Waals surface area contributed by atoms with Gasteiger partial charge in [0.05, 0.1) is 22.2 Å². The molecule has 1 aliphatic heterocycles. The van der Waals surface area contributed by atoms with Crippen molar-refractivity contribution in [3.63, 3.8) is 0 Å². The summed E-state index contributed by atoms with van der Waals surface area (Å²) in [4.78, 5) is 14.8. The molecule has 1 saturated heterocycles. The highest BCUT2D eigenvalue weighted by molar-refractivity contribution is 7.99. The third-order valence-corrected chi connectivity index (χ3v) is 6.09. The van der Waals surface area contributed by atoms with Gasteiger partial charge in [0.1, 0.15) is 0 Å². The van der Waals surface area contributed by atoms with Crippen LogP contribution in [0.3, 0.4) is 0 Å². The maximum absolute atomic E-state index is 12.6. The summed E-state index contributed by atoms with van der Waals surface area (Å²) in [6, 6.07) is 13.5. The zero-order chi connectivity index (χ0) is 20.9. The van der Waals surface area contributed by atoms with Crippen LogP contribution in [0.4, 0.5) is 11.4 Å². The van der Waals surface area contributed by atoms with Gasteiger partial charge in [-0.3, -0.25) is 4.79 Å². The predicted octanol–water partition coefficient (Wildman–Crippen LogP) is 5.42. The van der Waals surface area contributed by atoms with E-state index in [9.17, 15) is 4.79 Å². The lowest BCUT2D eigenvalue weighted by Gasteiger charge is -2.31. The summed E-state index contributed by atoms with van der Waals surface area (Å²) in [5, 5.41) is 12.1. The highest BCUT2D eigenvalue weighted by atomic mass is 35.5. The second-order valence-corrected chi connectivity index (χ2v) is 8.59. The maximum atomic E-state index is 12.6. The van der Waals surface area contributed by atoms with E-state index in [-0.39, 0.29) is 11.7 Å². The van der Waals surface area contributed by atoms with Crippen molar-refractivity contribution >= 4 is 40.6 Å². The van der Waals surface area contributed by atoms with E-state index in [1.165, 1.54) is 18.2 Å². The fourth-order valence-corrected chi connectivity index (χ4v) is 4.31. The molecule has 8 heteroatoms. The first-order chi connectivity index (χ1) is 14.6. The molecular formula is C22H23ClN4O2S. The lowest BCUT2D eigenvalue weighted by Crippen LogP contribution is -2.30. The standard InChI is InChI=1S/C22H23ClN4O2S/c1-15-8-10-16(11-9-15)21-25-26-22(29-21)30-14-19(28)24-18-7-5-6-17(23)20(18)27-12-3-2-4-13-27/h5-11H,2-4,12-14H2,1H3,(H,24,28). The Morgan fingerprint density at radius 1 is 1.13 bits per heavy atom.